The Balaban J connectivity index is 4.49. The highest BCUT2D eigenvalue weighted by molar-refractivity contribution is 4.55. The van der Waals surface area contributed by atoms with Crippen molar-refractivity contribution in [1.82, 2.24) is 0 Å². The summed E-state index contributed by atoms with van der Waals surface area (Å²) in [7, 11) is 0. The summed E-state index contributed by atoms with van der Waals surface area (Å²) in [5.74, 6) is 0. The molecule has 0 saturated heterocycles. The van der Waals surface area contributed by atoms with Crippen molar-refractivity contribution in [1.29, 1.82) is 0 Å². The smallest absolute Gasteiger partial charge is 0.0786 e. The van der Waals surface area contributed by atoms with Crippen LogP contribution in [0.1, 0.15) is 240 Å². The first-order chi connectivity index (χ1) is 20.7. The highest BCUT2D eigenvalue weighted by Crippen LogP contribution is 2.21. The minimum atomic E-state index is 1.37. The zero-order valence-electron chi connectivity index (χ0n) is 30.6. The Bertz CT molecular complexity index is 431. The molecular weight excluding hydrogens is 506 g/mol. The molecule has 0 unspecified atom stereocenters. The van der Waals surface area contributed by atoms with Gasteiger partial charge < -0.3 is 4.48 Å². The number of rotatable bonds is 37. The molecule has 0 aliphatic rings. The lowest BCUT2D eigenvalue weighted by molar-refractivity contribution is -0.929. The molecule has 0 aromatic rings. The van der Waals surface area contributed by atoms with Crippen LogP contribution in [0.15, 0.2) is 0 Å². The van der Waals surface area contributed by atoms with Gasteiger partial charge in [0.1, 0.15) is 0 Å². The second-order valence-corrected chi connectivity index (χ2v) is 14.5. The van der Waals surface area contributed by atoms with E-state index in [4.69, 9.17) is 0 Å². The number of hydrogen-bond donors (Lipinski definition) is 0. The van der Waals surface area contributed by atoms with E-state index in [1.807, 2.05) is 0 Å². The van der Waals surface area contributed by atoms with Crippen molar-refractivity contribution < 1.29 is 4.48 Å². The third-order valence-corrected chi connectivity index (χ3v) is 10.2. The molecule has 1 nitrogen and oxygen atoms in total. The maximum absolute atomic E-state index is 2.35. The quantitative estimate of drug-likeness (QED) is 0.0497. The Labute approximate surface area is 269 Å². The molecule has 0 aromatic heterocycles. The third-order valence-electron chi connectivity index (χ3n) is 10.2. The fraction of sp³-hybridized carbons (Fsp3) is 1.00. The molecule has 0 aliphatic carbocycles. The summed E-state index contributed by atoms with van der Waals surface area (Å²) in [6, 6.07) is 0. The molecule has 0 heterocycles. The molecule has 0 atom stereocenters. The van der Waals surface area contributed by atoms with E-state index in [1.165, 1.54) is 243 Å². The number of nitrogens with zero attached hydrogens (tertiary/aromatic N) is 1. The van der Waals surface area contributed by atoms with E-state index in [-0.39, 0.29) is 0 Å². The molecule has 0 saturated carbocycles. The van der Waals surface area contributed by atoms with E-state index in [0.29, 0.717) is 0 Å². The highest BCUT2D eigenvalue weighted by Gasteiger charge is 2.25. The average molecular weight is 593 g/mol. The van der Waals surface area contributed by atoms with Gasteiger partial charge in [-0.1, -0.05) is 188 Å². The monoisotopic (exact) mass is 593 g/mol. The third kappa shape index (κ3) is 30.0. The maximum Gasteiger partial charge on any atom is 0.0786 e. The van der Waals surface area contributed by atoms with E-state index in [1.54, 1.807) is 0 Å². The van der Waals surface area contributed by atoms with Gasteiger partial charge >= 0.3 is 0 Å². The van der Waals surface area contributed by atoms with Gasteiger partial charge in [-0.15, -0.1) is 0 Å². The second-order valence-electron chi connectivity index (χ2n) is 14.5. The molecule has 0 N–H and O–H groups in total. The molecule has 0 amide bonds. The molecule has 0 spiro atoms. The van der Waals surface area contributed by atoms with Crippen molar-refractivity contribution >= 4 is 0 Å². The molecule has 0 rings (SSSR count). The van der Waals surface area contributed by atoms with Crippen LogP contribution in [0.2, 0.25) is 0 Å². The molecule has 254 valence electrons. The first-order valence-corrected chi connectivity index (χ1v) is 20.6. The zero-order chi connectivity index (χ0) is 30.7. The van der Waals surface area contributed by atoms with E-state index in [9.17, 15) is 0 Å². The molecule has 1 heteroatoms. The van der Waals surface area contributed by atoms with E-state index >= 15 is 0 Å². The largest absolute Gasteiger partial charge is 0.324 e. The fourth-order valence-corrected chi connectivity index (χ4v) is 7.17. The Morgan fingerprint density at radius 1 is 0.190 bits per heavy atom. The lowest BCUT2D eigenvalue weighted by Crippen LogP contribution is -2.50. The second kappa shape index (κ2) is 35.4. The normalized spacial score (nSPS) is 12.0. The number of hydrogen-bond acceptors (Lipinski definition) is 0. The predicted octanol–water partition coefficient (Wildman–Crippen LogP) is 14.8. The van der Waals surface area contributed by atoms with Gasteiger partial charge in [-0.25, -0.2) is 0 Å². The van der Waals surface area contributed by atoms with Gasteiger partial charge in [0.2, 0.25) is 0 Å². The van der Waals surface area contributed by atoms with Crippen molar-refractivity contribution in [2.24, 2.45) is 0 Å². The van der Waals surface area contributed by atoms with Gasteiger partial charge in [0.25, 0.3) is 0 Å². The Morgan fingerprint density at radius 3 is 0.500 bits per heavy atom. The van der Waals surface area contributed by atoms with Gasteiger partial charge in [0.15, 0.2) is 0 Å². The van der Waals surface area contributed by atoms with E-state index < -0.39 is 0 Å². The maximum atomic E-state index is 2.35. The van der Waals surface area contributed by atoms with Crippen LogP contribution in [0.25, 0.3) is 0 Å². The summed E-state index contributed by atoms with van der Waals surface area (Å²) in [6.07, 6.45) is 48.2. The lowest BCUT2D eigenvalue weighted by atomic mass is 10.0. The Morgan fingerprint density at radius 2 is 0.333 bits per heavy atom. The molecule has 42 heavy (non-hydrogen) atoms. The minimum absolute atomic E-state index is 1.37. The SMILES string of the molecule is CCCCCCCCCCCCCCCCC[N+](CCCCCCCC)(CCCCCCCC)CCCCCCCC. The van der Waals surface area contributed by atoms with Gasteiger partial charge in [-0.3, -0.25) is 0 Å². The van der Waals surface area contributed by atoms with Crippen LogP contribution in [0, 0.1) is 0 Å². The Hall–Kier alpha value is -0.0400. The van der Waals surface area contributed by atoms with Crippen LogP contribution < -0.4 is 0 Å². The van der Waals surface area contributed by atoms with Crippen LogP contribution >= 0.6 is 0 Å². The number of quaternary nitrogens is 1. The van der Waals surface area contributed by atoms with Crippen LogP contribution in [-0.2, 0) is 0 Å². The summed E-state index contributed by atoms with van der Waals surface area (Å²) < 4.78 is 1.48. The average Bonchev–Trinajstić information content (AvgIpc) is 3.00. The van der Waals surface area contributed by atoms with Crippen molar-refractivity contribution in [3.63, 3.8) is 0 Å². The summed E-state index contributed by atoms with van der Waals surface area (Å²) in [4.78, 5) is 0. The lowest BCUT2D eigenvalue weighted by Gasteiger charge is -2.40. The van der Waals surface area contributed by atoms with Crippen LogP contribution in [0.5, 0.6) is 0 Å². The van der Waals surface area contributed by atoms with Crippen LogP contribution in [-0.4, -0.2) is 30.7 Å². The summed E-state index contributed by atoms with van der Waals surface area (Å²) in [5.41, 5.74) is 0. The molecule has 0 radical (unpaired) electrons. The van der Waals surface area contributed by atoms with Crippen LogP contribution in [0.3, 0.4) is 0 Å². The van der Waals surface area contributed by atoms with Crippen molar-refractivity contribution in [2.45, 2.75) is 240 Å². The van der Waals surface area contributed by atoms with Crippen molar-refractivity contribution in [3.8, 4) is 0 Å². The molecule has 0 aromatic carbocycles. The summed E-state index contributed by atoms with van der Waals surface area (Å²) >= 11 is 0. The van der Waals surface area contributed by atoms with Gasteiger partial charge in [-0.2, -0.15) is 0 Å². The summed E-state index contributed by atoms with van der Waals surface area (Å²) in [6.45, 7) is 15.3. The van der Waals surface area contributed by atoms with Crippen molar-refractivity contribution in [3.05, 3.63) is 0 Å². The molecule has 0 bridgehead atoms. The van der Waals surface area contributed by atoms with Crippen molar-refractivity contribution in [2.75, 3.05) is 26.2 Å². The first kappa shape index (κ1) is 42.0. The molecule has 0 aliphatic heterocycles. The van der Waals surface area contributed by atoms with Gasteiger partial charge in [0, 0.05) is 0 Å². The van der Waals surface area contributed by atoms with Gasteiger partial charge in [-0.05, 0) is 51.4 Å². The van der Waals surface area contributed by atoms with Crippen LogP contribution in [0.4, 0.5) is 0 Å². The highest BCUT2D eigenvalue weighted by atomic mass is 15.3. The first-order valence-electron chi connectivity index (χ1n) is 20.6. The van der Waals surface area contributed by atoms with Gasteiger partial charge in [0.05, 0.1) is 26.2 Å². The summed E-state index contributed by atoms with van der Waals surface area (Å²) in [5, 5.41) is 0. The number of unbranched alkanes of at least 4 members (excludes halogenated alkanes) is 29. The zero-order valence-corrected chi connectivity index (χ0v) is 30.6. The van der Waals surface area contributed by atoms with E-state index in [2.05, 4.69) is 27.7 Å². The molecule has 0 fully saturated rings. The minimum Gasteiger partial charge on any atom is -0.324 e. The predicted molar refractivity (Wildman–Crippen MR) is 195 cm³/mol. The van der Waals surface area contributed by atoms with E-state index in [0.717, 1.165) is 0 Å². The standard InChI is InChI=1S/C41H86N/c1-5-9-13-17-21-22-23-24-25-26-27-28-29-33-37-41-42(38-34-30-18-14-10-6-2,39-35-31-19-15-11-7-3)40-36-32-20-16-12-8-4/h5-41H2,1-4H3/q+1. The molecular formula is C41H86N+. The topological polar surface area (TPSA) is 0 Å². The Kier molecular flexibility index (Phi) is 35.4. The fourth-order valence-electron chi connectivity index (χ4n) is 7.17.